The molecule has 3 aromatic rings. The molecular formula is C54H71N9O8. The zero-order valence-electron chi connectivity index (χ0n) is 42.3. The number of benzene rings is 3. The normalized spacial score (nSPS) is 19.9. The molecular weight excluding hydrogens is 903 g/mol. The molecule has 380 valence electrons. The quantitative estimate of drug-likeness (QED) is 0.0847. The van der Waals surface area contributed by atoms with Crippen LogP contribution < -0.4 is 31.9 Å². The largest absolute Gasteiger partial charge is 0.453 e. The fraction of sp³-hybridized carbons (Fsp3) is 0.444. The monoisotopic (exact) mass is 974 g/mol. The fourth-order valence-corrected chi connectivity index (χ4v) is 9.63. The van der Waals surface area contributed by atoms with Crippen LogP contribution in [0.1, 0.15) is 95.0 Å². The number of nitrogens with zero attached hydrogens (tertiary/aromatic N) is 4. The molecule has 3 saturated heterocycles. The average Bonchev–Trinajstić information content (AvgIpc) is 4.16. The van der Waals surface area contributed by atoms with Gasteiger partial charge >= 0.3 is 12.2 Å². The Morgan fingerprint density at radius 1 is 0.648 bits per heavy atom. The molecule has 0 aromatic heterocycles. The molecule has 6 atom stereocenters. The van der Waals surface area contributed by atoms with E-state index in [-0.39, 0.29) is 47.5 Å². The second-order valence-electron chi connectivity index (χ2n) is 19.2. The number of rotatable bonds is 17. The molecule has 3 aliphatic heterocycles. The van der Waals surface area contributed by atoms with E-state index in [1.165, 1.54) is 14.2 Å². The maximum absolute atomic E-state index is 13.8. The Morgan fingerprint density at radius 3 is 1.44 bits per heavy atom. The molecule has 0 spiro atoms. The minimum atomic E-state index is -0.831. The highest BCUT2D eigenvalue weighted by Crippen LogP contribution is 2.47. The van der Waals surface area contributed by atoms with Crippen molar-refractivity contribution in [1.29, 1.82) is 0 Å². The molecule has 3 fully saturated rings. The number of methoxy groups -OCH3 is 2. The lowest BCUT2D eigenvalue weighted by atomic mass is 10.0. The van der Waals surface area contributed by atoms with Crippen LogP contribution in [-0.4, -0.2) is 116 Å². The highest BCUT2D eigenvalue weighted by Gasteiger charge is 2.41. The zero-order valence-corrected chi connectivity index (χ0v) is 42.3. The third kappa shape index (κ3) is 12.7. The summed E-state index contributed by atoms with van der Waals surface area (Å²) in [5, 5.41) is 11.3. The van der Waals surface area contributed by atoms with E-state index in [4.69, 9.17) is 15.2 Å². The van der Waals surface area contributed by atoms with Crippen LogP contribution in [0.25, 0.3) is 5.57 Å². The van der Waals surface area contributed by atoms with Crippen LogP contribution in [0.3, 0.4) is 0 Å². The summed E-state index contributed by atoms with van der Waals surface area (Å²) in [7, 11) is 6.35. The van der Waals surface area contributed by atoms with Gasteiger partial charge in [-0.15, -0.1) is 0 Å². The lowest BCUT2D eigenvalue weighted by molar-refractivity contribution is -0.139. The van der Waals surface area contributed by atoms with Crippen molar-refractivity contribution in [3.8, 4) is 0 Å². The van der Waals surface area contributed by atoms with E-state index < -0.39 is 36.4 Å². The van der Waals surface area contributed by atoms with Crippen LogP contribution >= 0.6 is 0 Å². The Bertz CT molecular complexity index is 2330. The first-order valence-electron chi connectivity index (χ1n) is 24.4. The van der Waals surface area contributed by atoms with Crippen LogP contribution in [-0.2, 0) is 28.7 Å². The molecule has 17 heteroatoms. The summed E-state index contributed by atoms with van der Waals surface area (Å²) >= 11 is 0. The third-order valence-corrected chi connectivity index (χ3v) is 13.7. The molecule has 17 nitrogen and oxygen atoms in total. The number of amides is 6. The number of carbonyl (C=O) groups is 6. The summed E-state index contributed by atoms with van der Waals surface area (Å²) in [6.07, 6.45) is 8.02. The molecule has 0 saturated carbocycles. The van der Waals surface area contributed by atoms with Gasteiger partial charge in [0.15, 0.2) is 0 Å². The molecule has 0 radical (unpaired) electrons. The topological polar surface area (TPSA) is 208 Å². The van der Waals surface area contributed by atoms with Crippen LogP contribution in [0.5, 0.6) is 0 Å². The maximum Gasteiger partial charge on any atom is 0.407 e. The van der Waals surface area contributed by atoms with E-state index in [2.05, 4.69) is 57.0 Å². The van der Waals surface area contributed by atoms with E-state index in [0.717, 1.165) is 46.5 Å². The van der Waals surface area contributed by atoms with E-state index in [9.17, 15) is 28.8 Å². The van der Waals surface area contributed by atoms with Crippen LogP contribution in [0, 0.1) is 11.8 Å². The second-order valence-corrected chi connectivity index (χ2v) is 19.2. The highest BCUT2D eigenvalue weighted by atomic mass is 16.5. The van der Waals surface area contributed by atoms with Crippen LogP contribution in [0.4, 0.5) is 26.7 Å². The van der Waals surface area contributed by atoms with Crippen molar-refractivity contribution < 1.29 is 38.2 Å². The van der Waals surface area contributed by atoms with Gasteiger partial charge in [0, 0.05) is 56.1 Å². The standard InChI is InChI=1S/C54H71N9O8/c1-33(2)47(58-53(68)70-8)51(66)61-30-10-12-45(61)49(64)56-40-22-16-37(17-23-40)43-28-29-44(63(43)42-26-20-36(21-27-42)39(32-55)15-14-35(5)60(6)7)38-18-24-41(25-19-38)57-50(65)46-13-11-31-62(46)52(67)48(34(3)4)59-54(69)71-9/h14-27,32-34,43-48H,5,10-13,28-31,55H2,1-4,6-9H3,(H,56,64)(H,57,65)(H,58,68)(H,59,69)/b15-14-,39-32+/t43?,44?,45-,46-,47-,48-/m0/s1. The van der Waals surface area contributed by atoms with Crippen LogP contribution in [0.2, 0.25) is 0 Å². The van der Waals surface area contributed by atoms with Crippen LogP contribution in [0.15, 0.2) is 103 Å². The lowest BCUT2D eigenvalue weighted by Gasteiger charge is -2.34. The molecule has 0 aliphatic carbocycles. The number of carbonyl (C=O) groups excluding carboxylic acids is 6. The van der Waals surface area contributed by atoms with Crippen molar-refractivity contribution >= 4 is 58.5 Å². The number of nitrogens with two attached hydrogens (primary N) is 1. The van der Waals surface area contributed by atoms with Crippen molar-refractivity contribution in [3.63, 3.8) is 0 Å². The molecule has 3 aromatic carbocycles. The minimum Gasteiger partial charge on any atom is -0.453 e. The Morgan fingerprint density at radius 2 is 1.07 bits per heavy atom. The summed E-state index contributed by atoms with van der Waals surface area (Å²) in [5.74, 6) is -1.66. The van der Waals surface area contributed by atoms with Gasteiger partial charge in [0.1, 0.15) is 24.2 Å². The van der Waals surface area contributed by atoms with E-state index in [1.807, 2.05) is 107 Å². The SMILES string of the molecule is C=C(/C=C\C(=C/N)c1ccc(N2C(c3ccc(NC(=O)[C@@H]4CCCN4C(=O)[C@@H](NC(=O)OC)C(C)C)cc3)CCC2c2ccc(NC(=O)[C@@H]3CCCN3C(=O)[C@@H](NC(=O)OC)C(C)C)cc2)cc1)N(C)C. The fourth-order valence-electron chi connectivity index (χ4n) is 9.63. The number of allylic oxidation sites excluding steroid dienone is 3. The molecule has 3 heterocycles. The van der Waals surface area contributed by atoms with Crippen molar-refractivity contribution in [1.82, 2.24) is 25.3 Å². The van der Waals surface area contributed by atoms with Gasteiger partial charge in [0.2, 0.25) is 23.6 Å². The van der Waals surface area contributed by atoms with Crippen molar-refractivity contribution in [2.24, 2.45) is 17.6 Å². The van der Waals surface area contributed by atoms with Gasteiger partial charge in [0.25, 0.3) is 0 Å². The van der Waals surface area contributed by atoms with Crippen molar-refractivity contribution in [2.45, 2.75) is 102 Å². The molecule has 6 rings (SSSR count). The first-order valence-corrected chi connectivity index (χ1v) is 24.4. The van der Waals surface area contributed by atoms with E-state index in [0.29, 0.717) is 50.1 Å². The number of ether oxygens (including phenoxy) is 2. The first-order chi connectivity index (χ1) is 33.9. The van der Waals surface area contributed by atoms with E-state index >= 15 is 0 Å². The Hall–Kier alpha value is -7.30. The Kier molecular flexibility index (Phi) is 17.9. The predicted molar refractivity (Wildman–Crippen MR) is 276 cm³/mol. The smallest absolute Gasteiger partial charge is 0.407 e. The minimum absolute atomic E-state index is 0.0461. The van der Waals surface area contributed by atoms with Gasteiger partial charge in [-0.05, 0) is 115 Å². The molecule has 6 N–H and O–H groups in total. The van der Waals surface area contributed by atoms with Gasteiger partial charge in [0.05, 0.1) is 26.3 Å². The number of anilines is 3. The highest BCUT2D eigenvalue weighted by molar-refractivity contribution is 6.00. The summed E-state index contributed by atoms with van der Waals surface area (Å²) in [5.41, 5.74) is 13.0. The predicted octanol–water partition coefficient (Wildman–Crippen LogP) is 7.32. The Labute approximate surface area is 417 Å². The van der Waals surface area contributed by atoms with Gasteiger partial charge in [-0.3, -0.25) is 19.2 Å². The number of likely N-dealkylation sites (N-methyl/N-ethyl adjacent to an activating group) is 1. The van der Waals surface area contributed by atoms with Gasteiger partial charge in [-0.2, -0.15) is 0 Å². The van der Waals surface area contributed by atoms with Crippen molar-refractivity contribution in [3.05, 3.63) is 120 Å². The molecule has 3 aliphatic rings. The van der Waals surface area contributed by atoms with E-state index in [1.54, 1.807) is 16.0 Å². The van der Waals surface area contributed by atoms with Gasteiger partial charge in [-0.1, -0.05) is 76.7 Å². The molecule has 71 heavy (non-hydrogen) atoms. The molecule has 0 bridgehead atoms. The summed E-state index contributed by atoms with van der Waals surface area (Å²) in [6, 6.07) is 20.8. The molecule has 2 unspecified atom stereocenters. The number of nitrogens with one attached hydrogen (secondary N) is 4. The first kappa shape index (κ1) is 53.1. The summed E-state index contributed by atoms with van der Waals surface area (Å²) < 4.78 is 9.50. The number of alkyl carbamates (subject to hydrolysis) is 2. The average molecular weight is 974 g/mol. The maximum atomic E-state index is 13.8. The van der Waals surface area contributed by atoms with Gasteiger partial charge in [-0.25, -0.2) is 9.59 Å². The lowest BCUT2D eigenvalue weighted by Crippen LogP contribution is -2.54. The zero-order chi connectivity index (χ0) is 51.5. The Balaban J connectivity index is 1.21. The van der Waals surface area contributed by atoms with Crippen molar-refractivity contribution in [2.75, 3.05) is 56.9 Å². The summed E-state index contributed by atoms with van der Waals surface area (Å²) in [6.45, 7) is 12.2. The molecule has 6 amide bonds. The number of hydrogen-bond donors (Lipinski definition) is 5. The third-order valence-electron chi connectivity index (χ3n) is 13.7. The summed E-state index contributed by atoms with van der Waals surface area (Å²) in [4.78, 5) is 86.3. The van der Waals surface area contributed by atoms with Gasteiger partial charge < -0.3 is 56.1 Å². The second kappa shape index (κ2) is 24.0. The number of likely N-dealkylation sites (tertiary alicyclic amines) is 2. The number of hydrogen-bond acceptors (Lipinski definition) is 11.